The van der Waals surface area contributed by atoms with E-state index >= 15 is 0 Å². The standard InChI is InChI=1S/C14H17NO/c1-9(2)11-7-6-10(3)14(16)13(11)12-5-4-8-15-12/h4-6,8,11,13,15H,1,7H2,2-3H3/t11-,13+/m1/s1. The minimum Gasteiger partial charge on any atom is -0.364 e. The normalized spacial score (nSPS) is 25.4. The van der Waals surface area contributed by atoms with E-state index in [2.05, 4.69) is 11.6 Å². The highest BCUT2D eigenvalue weighted by atomic mass is 16.1. The van der Waals surface area contributed by atoms with E-state index in [1.165, 1.54) is 0 Å². The Morgan fingerprint density at radius 3 is 2.88 bits per heavy atom. The van der Waals surface area contributed by atoms with E-state index in [1.54, 1.807) is 0 Å². The van der Waals surface area contributed by atoms with Crippen LogP contribution >= 0.6 is 0 Å². The number of hydrogen-bond acceptors (Lipinski definition) is 1. The number of rotatable bonds is 2. The van der Waals surface area contributed by atoms with Crippen molar-refractivity contribution < 1.29 is 4.79 Å². The molecule has 0 spiro atoms. The van der Waals surface area contributed by atoms with Gasteiger partial charge in [-0.05, 0) is 43.9 Å². The summed E-state index contributed by atoms with van der Waals surface area (Å²) in [6.45, 7) is 7.90. The molecule has 1 aromatic rings. The van der Waals surface area contributed by atoms with Crippen LogP contribution in [0.5, 0.6) is 0 Å². The fraction of sp³-hybridized carbons (Fsp3) is 0.357. The van der Waals surface area contributed by atoms with Crippen LogP contribution in [-0.4, -0.2) is 10.8 Å². The molecule has 0 saturated heterocycles. The number of ketones is 1. The molecule has 84 valence electrons. The summed E-state index contributed by atoms with van der Waals surface area (Å²) < 4.78 is 0. The van der Waals surface area contributed by atoms with Crippen LogP contribution in [-0.2, 0) is 4.79 Å². The maximum Gasteiger partial charge on any atom is 0.167 e. The molecule has 1 N–H and O–H groups in total. The van der Waals surface area contributed by atoms with Gasteiger partial charge in [0.25, 0.3) is 0 Å². The number of H-pyrrole nitrogens is 1. The molecule has 2 rings (SSSR count). The van der Waals surface area contributed by atoms with Gasteiger partial charge in [0.05, 0.1) is 5.92 Å². The molecule has 1 aromatic heterocycles. The van der Waals surface area contributed by atoms with Gasteiger partial charge in [-0.3, -0.25) is 4.79 Å². The molecule has 0 saturated carbocycles. The van der Waals surface area contributed by atoms with Gasteiger partial charge >= 0.3 is 0 Å². The van der Waals surface area contributed by atoms with Crippen molar-refractivity contribution in [2.75, 3.05) is 0 Å². The Hall–Kier alpha value is -1.57. The Bertz CT molecular complexity index is 439. The maximum absolute atomic E-state index is 12.2. The predicted molar refractivity (Wildman–Crippen MR) is 65.2 cm³/mol. The molecule has 0 aromatic carbocycles. The van der Waals surface area contributed by atoms with Crippen LogP contribution in [0.3, 0.4) is 0 Å². The lowest BCUT2D eigenvalue weighted by Crippen LogP contribution is -2.27. The number of hydrogen-bond donors (Lipinski definition) is 1. The zero-order valence-electron chi connectivity index (χ0n) is 9.79. The molecular formula is C14H17NO. The summed E-state index contributed by atoms with van der Waals surface area (Å²) in [5.41, 5.74) is 2.96. The fourth-order valence-corrected chi connectivity index (χ4v) is 2.35. The molecular weight excluding hydrogens is 198 g/mol. The zero-order valence-corrected chi connectivity index (χ0v) is 9.79. The van der Waals surface area contributed by atoms with Gasteiger partial charge in [-0.2, -0.15) is 0 Å². The third-order valence-corrected chi connectivity index (χ3v) is 3.34. The first-order valence-corrected chi connectivity index (χ1v) is 5.61. The summed E-state index contributed by atoms with van der Waals surface area (Å²) in [6, 6.07) is 3.92. The van der Waals surface area contributed by atoms with Crippen LogP contribution in [0.1, 0.15) is 31.9 Å². The van der Waals surface area contributed by atoms with E-state index < -0.39 is 0 Å². The first kappa shape index (κ1) is 10.9. The van der Waals surface area contributed by atoms with Crippen molar-refractivity contribution in [2.24, 2.45) is 5.92 Å². The lowest BCUT2D eigenvalue weighted by molar-refractivity contribution is -0.118. The molecule has 0 amide bonds. The van der Waals surface area contributed by atoms with Crippen molar-refractivity contribution in [3.05, 3.63) is 47.8 Å². The molecule has 0 fully saturated rings. The lowest BCUT2D eigenvalue weighted by Gasteiger charge is -2.29. The molecule has 2 atom stereocenters. The maximum atomic E-state index is 12.2. The van der Waals surface area contributed by atoms with Gasteiger partial charge in [0, 0.05) is 11.9 Å². The van der Waals surface area contributed by atoms with E-state index in [1.807, 2.05) is 38.3 Å². The van der Waals surface area contributed by atoms with Crippen molar-refractivity contribution in [1.29, 1.82) is 0 Å². The fourth-order valence-electron chi connectivity index (χ4n) is 2.35. The molecule has 1 aliphatic rings. The topological polar surface area (TPSA) is 32.9 Å². The molecule has 2 nitrogen and oxygen atoms in total. The van der Waals surface area contributed by atoms with Gasteiger partial charge in [0.2, 0.25) is 0 Å². The average molecular weight is 215 g/mol. The molecule has 0 radical (unpaired) electrons. The molecule has 1 heterocycles. The summed E-state index contributed by atoms with van der Waals surface area (Å²) >= 11 is 0. The smallest absolute Gasteiger partial charge is 0.167 e. The van der Waals surface area contributed by atoms with E-state index in [-0.39, 0.29) is 17.6 Å². The molecule has 1 aliphatic carbocycles. The van der Waals surface area contributed by atoms with Gasteiger partial charge in [-0.1, -0.05) is 18.2 Å². The number of Topliss-reactive ketones (excluding diaryl/α,β-unsaturated/α-hetero) is 1. The monoisotopic (exact) mass is 215 g/mol. The highest BCUT2D eigenvalue weighted by Crippen LogP contribution is 2.37. The Morgan fingerprint density at radius 1 is 1.56 bits per heavy atom. The molecule has 2 heteroatoms. The highest BCUT2D eigenvalue weighted by molar-refractivity contribution is 6.01. The molecule has 16 heavy (non-hydrogen) atoms. The van der Waals surface area contributed by atoms with Gasteiger partial charge in [-0.15, -0.1) is 0 Å². The quantitative estimate of drug-likeness (QED) is 0.755. The minimum atomic E-state index is -0.0718. The van der Waals surface area contributed by atoms with Gasteiger partial charge in [0.1, 0.15) is 0 Å². The van der Waals surface area contributed by atoms with Crippen molar-refractivity contribution in [2.45, 2.75) is 26.2 Å². The van der Waals surface area contributed by atoms with E-state index in [0.29, 0.717) is 0 Å². The van der Waals surface area contributed by atoms with E-state index in [0.717, 1.165) is 23.3 Å². The van der Waals surface area contributed by atoms with Crippen LogP contribution in [0.4, 0.5) is 0 Å². The first-order valence-electron chi connectivity index (χ1n) is 5.61. The molecule has 0 bridgehead atoms. The number of allylic oxidation sites excluding steroid dienone is 3. The summed E-state index contributed by atoms with van der Waals surface area (Å²) in [6.07, 6.45) is 4.81. The Labute approximate surface area is 96.1 Å². The van der Waals surface area contributed by atoms with Crippen molar-refractivity contribution in [1.82, 2.24) is 4.98 Å². The van der Waals surface area contributed by atoms with Crippen molar-refractivity contribution in [3.63, 3.8) is 0 Å². The van der Waals surface area contributed by atoms with Crippen LogP contribution < -0.4 is 0 Å². The largest absolute Gasteiger partial charge is 0.364 e. The van der Waals surface area contributed by atoms with Gasteiger partial charge in [0.15, 0.2) is 5.78 Å². The zero-order chi connectivity index (χ0) is 11.7. The second-order valence-corrected chi connectivity index (χ2v) is 4.54. The summed E-state index contributed by atoms with van der Waals surface area (Å²) in [5, 5.41) is 0. The second-order valence-electron chi connectivity index (χ2n) is 4.54. The Balaban J connectivity index is 2.41. The second kappa shape index (κ2) is 4.12. The SMILES string of the molecule is C=C(C)[C@H]1CC=C(C)C(=O)[C@@H]1c1ccc[nH]1. The van der Waals surface area contributed by atoms with Crippen LogP contribution in [0.25, 0.3) is 0 Å². The number of carbonyl (C=O) groups excluding carboxylic acids is 1. The summed E-state index contributed by atoms with van der Waals surface area (Å²) in [4.78, 5) is 15.4. The van der Waals surface area contributed by atoms with Crippen molar-refractivity contribution in [3.8, 4) is 0 Å². The van der Waals surface area contributed by atoms with Crippen LogP contribution in [0, 0.1) is 5.92 Å². The Morgan fingerprint density at radius 2 is 2.31 bits per heavy atom. The molecule has 0 aliphatic heterocycles. The van der Waals surface area contributed by atoms with E-state index in [4.69, 9.17) is 0 Å². The number of aromatic nitrogens is 1. The first-order chi connectivity index (χ1) is 7.61. The number of nitrogens with one attached hydrogen (secondary N) is 1. The Kier molecular flexibility index (Phi) is 2.82. The predicted octanol–water partition coefficient (Wildman–Crippen LogP) is 3.21. The average Bonchev–Trinajstić information content (AvgIpc) is 2.74. The summed E-state index contributed by atoms with van der Waals surface area (Å²) in [7, 11) is 0. The summed E-state index contributed by atoms with van der Waals surface area (Å²) in [5.74, 6) is 0.383. The van der Waals surface area contributed by atoms with E-state index in [9.17, 15) is 4.79 Å². The number of carbonyl (C=O) groups is 1. The third kappa shape index (κ3) is 1.75. The van der Waals surface area contributed by atoms with Crippen molar-refractivity contribution >= 4 is 5.78 Å². The van der Waals surface area contributed by atoms with Gasteiger partial charge in [-0.25, -0.2) is 0 Å². The van der Waals surface area contributed by atoms with Crippen LogP contribution in [0.2, 0.25) is 0 Å². The lowest BCUT2D eigenvalue weighted by atomic mass is 9.74. The number of aromatic amines is 1. The third-order valence-electron chi connectivity index (χ3n) is 3.34. The molecule has 0 unspecified atom stereocenters. The van der Waals surface area contributed by atoms with Gasteiger partial charge < -0.3 is 4.98 Å². The highest BCUT2D eigenvalue weighted by Gasteiger charge is 2.34. The minimum absolute atomic E-state index is 0.0718. The van der Waals surface area contributed by atoms with Crippen LogP contribution in [0.15, 0.2) is 42.1 Å².